The van der Waals surface area contributed by atoms with Crippen molar-refractivity contribution in [3.05, 3.63) is 47.3 Å². The summed E-state index contributed by atoms with van der Waals surface area (Å²) in [6.45, 7) is 4.79. The van der Waals surface area contributed by atoms with Gasteiger partial charge in [-0.2, -0.15) is 0 Å². The van der Waals surface area contributed by atoms with Crippen molar-refractivity contribution >= 4 is 5.91 Å². The fraction of sp³-hybridized carbons (Fsp3) is 0.438. The Balaban J connectivity index is 1.71. The molecule has 0 radical (unpaired) electrons. The Morgan fingerprint density at radius 1 is 1.27 bits per heavy atom. The highest BCUT2D eigenvalue weighted by Gasteiger charge is 2.37. The largest absolute Gasteiger partial charge is 0.383 e. The van der Waals surface area contributed by atoms with Crippen LogP contribution in [-0.2, 0) is 5.60 Å². The first-order valence-electron chi connectivity index (χ1n) is 7.44. The van der Waals surface area contributed by atoms with E-state index in [9.17, 15) is 9.90 Å². The summed E-state index contributed by atoms with van der Waals surface area (Å²) < 4.78 is 0. The molecule has 0 atom stereocenters. The molecular weight excluding hydrogens is 280 g/mol. The van der Waals surface area contributed by atoms with Gasteiger partial charge in [0.1, 0.15) is 11.3 Å². The molecule has 0 aromatic carbocycles. The Hall–Kier alpha value is -2.21. The van der Waals surface area contributed by atoms with Crippen molar-refractivity contribution in [2.45, 2.75) is 32.3 Å². The van der Waals surface area contributed by atoms with Gasteiger partial charge in [-0.15, -0.1) is 0 Å². The third-order valence-electron chi connectivity index (χ3n) is 4.30. The van der Waals surface area contributed by atoms with Crippen LogP contribution in [0.3, 0.4) is 0 Å². The van der Waals surface area contributed by atoms with Crippen LogP contribution >= 0.6 is 0 Å². The molecule has 1 fully saturated rings. The number of aromatic nitrogens is 3. The Morgan fingerprint density at radius 2 is 2.00 bits per heavy atom. The topological polar surface area (TPSA) is 82.1 Å². The summed E-state index contributed by atoms with van der Waals surface area (Å²) in [6, 6.07) is 3.82. The van der Waals surface area contributed by atoms with E-state index in [2.05, 4.69) is 15.0 Å². The van der Waals surface area contributed by atoms with E-state index in [-0.39, 0.29) is 5.91 Å². The maximum Gasteiger partial charge on any atom is 0.274 e. The van der Waals surface area contributed by atoms with Gasteiger partial charge >= 0.3 is 0 Å². The zero-order valence-electron chi connectivity index (χ0n) is 12.8. The molecule has 1 aliphatic heterocycles. The van der Waals surface area contributed by atoms with E-state index >= 15 is 0 Å². The average Bonchev–Trinajstić information content (AvgIpc) is 2.94. The molecule has 6 heteroatoms. The fourth-order valence-electron chi connectivity index (χ4n) is 2.80. The normalized spacial score (nSPS) is 17.5. The lowest BCUT2D eigenvalue weighted by Crippen LogP contribution is -2.45. The number of imidazole rings is 1. The third kappa shape index (κ3) is 2.62. The van der Waals surface area contributed by atoms with Crippen LogP contribution in [0.25, 0.3) is 0 Å². The molecule has 1 aliphatic rings. The third-order valence-corrected chi connectivity index (χ3v) is 4.30. The minimum atomic E-state index is -0.953. The number of aliphatic hydroxyl groups is 1. The smallest absolute Gasteiger partial charge is 0.274 e. The second-order valence-electron chi connectivity index (χ2n) is 5.92. The molecule has 1 amide bonds. The fourth-order valence-corrected chi connectivity index (χ4v) is 2.80. The van der Waals surface area contributed by atoms with E-state index in [1.165, 1.54) is 6.33 Å². The van der Waals surface area contributed by atoms with Crippen molar-refractivity contribution in [1.29, 1.82) is 0 Å². The summed E-state index contributed by atoms with van der Waals surface area (Å²) in [4.78, 5) is 25.5. The summed E-state index contributed by atoms with van der Waals surface area (Å²) >= 11 is 0. The number of carbonyl (C=O) groups is 1. The molecule has 116 valence electrons. The second kappa shape index (κ2) is 5.53. The van der Waals surface area contributed by atoms with E-state index in [1.807, 2.05) is 26.0 Å². The molecule has 22 heavy (non-hydrogen) atoms. The Labute approximate surface area is 129 Å². The number of nitrogens with zero attached hydrogens (tertiary/aromatic N) is 3. The monoisotopic (exact) mass is 300 g/mol. The molecule has 2 aromatic heterocycles. The van der Waals surface area contributed by atoms with E-state index in [1.54, 1.807) is 11.1 Å². The van der Waals surface area contributed by atoms with Crippen LogP contribution in [0.15, 0.2) is 24.7 Å². The SMILES string of the molecule is Cc1ccc(C2(O)CCN(C(=O)c3nc[nH]c3C)CC2)nc1. The lowest BCUT2D eigenvalue weighted by Gasteiger charge is -2.37. The summed E-state index contributed by atoms with van der Waals surface area (Å²) in [5, 5.41) is 10.8. The zero-order chi connectivity index (χ0) is 15.7. The quantitative estimate of drug-likeness (QED) is 0.881. The number of piperidine rings is 1. The van der Waals surface area contributed by atoms with Gasteiger partial charge in [0.2, 0.25) is 0 Å². The van der Waals surface area contributed by atoms with Crippen molar-refractivity contribution in [2.75, 3.05) is 13.1 Å². The highest BCUT2D eigenvalue weighted by molar-refractivity contribution is 5.93. The van der Waals surface area contributed by atoms with Crippen LogP contribution in [0.4, 0.5) is 0 Å². The zero-order valence-corrected chi connectivity index (χ0v) is 12.8. The lowest BCUT2D eigenvalue weighted by atomic mass is 9.87. The number of amides is 1. The molecule has 2 N–H and O–H groups in total. The standard InChI is InChI=1S/C16H20N4O2/c1-11-3-4-13(17-9-11)16(22)5-7-20(8-6-16)15(21)14-12(2)18-10-19-14/h3-4,9-10,22H,5-8H2,1-2H3,(H,18,19). The van der Waals surface area contributed by atoms with Crippen LogP contribution < -0.4 is 0 Å². The van der Waals surface area contributed by atoms with E-state index in [4.69, 9.17) is 0 Å². The van der Waals surface area contributed by atoms with Gasteiger partial charge in [-0.3, -0.25) is 9.78 Å². The van der Waals surface area contributed by atoms with Gasteiger partial charge in [0.15, 0.2) is 0 Å². The Kier molecular flexibility index (Phi) is 3.70. The lowest BCUT2D eigenvalue weighted by molar-refractivity contribution is -0.0245. The number of pyridine rings is 1. The molecule has 0 saturated carbocycles. The second-order valence-corrected chi connectivity index (χ2v) is 5.92. The van der Waals surface area contributed by atoms with Gasteiger partial charge in [0.25, 0.3) is 5.91 Å². The molecule has 2 aromatic rings. The van der Waals surface area contributed by atoms with Gasteiger partial charge in [0.05, 0.1) is 12.0 Å². The van der Waals surface area contributed by atoms with Crippen LogP contribution in [0.2, 0.25) is 0 Å². The number of aromatic amines is 1. The van der Waals surface area contributed by atoms with Crippen molar-refractivity contribution < 1.29 is 9.90 Å². The Morgan fingerprint density at radius 3 is 2.55 bits per heavy atom. The van der Waals surface area contributed by atoms with Gasteiger partial charge in [-0.25, -0.2) is 4.98 Å². The Bertz CT molecular complexity index is 670. The minimum Gasteiger partial charge on any atom is -0.383 e. The van der Waals surface area contributed by atoms with Crippen LogP contribution in [0.1, 0.15) is 40.3 Å². The summed E-state index contributed by atoms with van der Waals surface area (Å²) in [5.74, 6) is -0.0855. The number of aryl methyl sites for hydroxylation is 2. The number of rotatable bonds is 2. The van der Waals surface area contributed by atoms with Crippen molar-refractivity contribution in [1.82, 2.24) is 19.9 Å². The molecule has 3 rings (SSSR count). The molecule has 0 unspecified atom stereocenters. The number of nitrogens with one attached hydrogen (secondary N) is 1. The van der Waals surface area contributed by atoms with Crippen LogP contribution in [0.5, 0.6) is 0 Å². The predicted octanol–water partition coefficient (Wildman–Crippen LogP) is 1.55. The molecule has 0 aliphatic carbocycles. The first-order chi connectivity index (χ1) is 10.5. The van der Waals surface area contributed by atoms with E-state index in [0.29, 0.717) is 37.3 Å². The summed E-state index contributed by atoms with van der Waals surface area (Å²) in [7, 11) is 0. The van der Waals surface area contributed by atoms with Crippen LogP contribution in [0, 0.1) is 13.8 Å². The molecule has 3 heterocycles. The highest BCUT2D eigenvalue weighted by atomic mass is 16.3. The van der Waals surface area contributed by atoms with Gasteiger partial charge in [-0.1, -0.05) is 6.07 Å². The predicted molar refractivity (Wildman–Crippen MR) is 81.3 cm³/mol. The van der Waals surface area contributed by atoms with Gasteiger partial charge < -0.3 is 15.0 Å². The number of carbonyl (C=O) groups excluding carboxylic acids is 1. The van der Waals surface area contributed by atoms with Gasteiger partial charge in [0, 0.05) is 25.0 Å². The van der Waals surface area contributed by atoms with Gasteiger partial charge in [-0.05, 0) is 38.3 Å². The molecule has 0 spiro atoms. The van der Waals surface area contributed by atoms with Crippen molar-refractivity contribution in [3.8, 4) is 0 Å². The number of likely N-dealkylation sites (tertiary alicyclic amines) is 1. The number of hydrogen-bond acceptors (Lipinski definition) is 4. The maximum absolute atomic E-state index is 12.4. The molecule has 0 bridgehead atoms. The van der Waals surface area contributed by atoms with E-state index < -0.39 is 5.60 Å². The average molecular weight is 300 g/mol. The van der Waals surface area contributed by atoms with Crippen molar-refractivity contribution in [3.63, 3.8) is 0 Å². The summed E-state index contributed by atoms with van der Waals surface area (Å²) in [6.07, 6.45) is 4.26. The number of H-pyrrole nitrogens is 1. The molecule has 6 nitrogen and oxygen atoms in total. The number of hydrogen-bond donors (Lipinski definition) is 2. The minimum absolute atomic E-state index is 0.0855. The van der Waals surface area contributed by atoms with Crippen LogP contribution in [-0.4, -0.2) is 44.0 Å². The molecule has 1 saturated heterocycles. The first kappa shape index (κ1) is 14.7. The highest BCUT2D eigenvalue weighted by Crippen LogP contribution is 2.32. The maximum atomic E-state index is 12.4. The van der Waals surface area contributed by atoms with E-state index in [0.717, 1.165) is 11.3 Å². The first-order valence-corrected chi connectivity index (χ1v) is 7.44. The van der Waals surface area contributed by atoms with Crippen molar-refractivity contribution in [2.24, 2.45) is 0 Å². The summed E-state index contributed by atoms with van der Waals surface area (Å²) in [5.41, 5.74) is 2.02. The molecular formula is C16H20N4O2.